The van der Waals surface area contributed by atoms with Crippen LogP contribution in [0.1, 0.15) is 74.1 Å². The molecule has 1 saturated heterocycles. The second-order valence-electron chi connectivity index (χ2n) is 15.1. The molecule has 0 N–H and O–H groups in total. The number of rotatable bonds is 10. The summed E-state index contributed by atoms with van der Waals surface area (Å²) in [6.07, 6.45) is 8.19. The van der Waals surface area contributed by atoms with E-state index in [0.717, 1.165) is 44.2 Å². The van der Waals surface area contributed by atoms with Crippen LogP contribution < -0.4 is 0 Å². The number of nitrogens with zero attached hydrogens (tertiary/aromatic N) is 1. The van der Waals surface area contributed by atoms with Crippen LogP contribution in [0.4, 0.5) is 0 Å². The molecule has 1 heterocycles. The van der Waals surface area contributed by atoms with Crippen molar-refractivity contribution in [2.24, 2.45) is 51.2 Å². The first kappa shape index (κ1) is 31.4. The van der Waals surface area contributed by atoms with Crippen molar-refractivity contribution in [3.8, 4) is 0 Å². The van der Waals surface area contributed by atoms with E-state index in [1.54, 1.807) is 20.8 Å². The van der Waals surface area contributed by atoms with Gasteiger partial charge in [0.05, 0.1) is 23.5 Å². The Kier molecular flexibility index (Phi) is 8.34. The van der Waals surface area contributed by atoms with E-state index >= 15 is 0 Å². The van der Waals surface area contributed by atoms with Crippen molar-refractivity contribution < 1.29 is 33.3 Å². The minimum Gasteiger partial charge on any atom is -0.427 e. The summed E-state index contributed by atoms with van der Waals surface area (Å²) in [6.45, 7) is 19.7. The van der Waals surface area contributed by atoms with Crippen LogP contribution in [0.2, 0.25) is 0 Å². The number of hydrogen-bond acceptors (Lipinski definition) is 8. The summed E-state index contributed by atoms with van der Waals surface area (Å²) in [5, 5.41) is 0. The minimum absolute atomic E-state index is 0.00179. The van der Waals surface area contributed by atoms with Crippen molar-refractivity contribution in [3.05, 3.63) is 24.3 Å². The van der Waals surface area contributed by atoms with Crippen LogP contribution in [0.3, 0.4) is 0 Å². The number of carbonyl (C=O) groups excluding carboxylic acids is 3. The first-order valence-electron chi connectivity index (χ1n) is 15.9. The molecule has 0 unspecified atom stereocenters. The molecule has 8 heteroatoms. The molecule has 234 valence electrons. The van der Waals surface area contributed by atoms with E-state index in [2.05, 4.69) is 38.3 Å². The normalized spacial score (nSPS) is 40.9. The van der Waals surface area contributed by atoms with E-state index in [4.69, 9.17) is 18.9 Å². The number of morpholine rings is 1. The summed E-state index contributed by atoms with van der Waals surface area (Å²) in [5.41, 5.74) is -2.46. The number of fused-ring (bicyclic) bond motifs is 2. The first-order chi connectivity index (χ1) is 19.8. The second-order valence-corrected chi connectivity index (χ2v) is 15.1. The molecule has 0 radical (unpaired) electrons. The van der Waals surface area contributed by atoms with Gasteiger partial charge in [0.25, 0.3) is 0 Å². The lowest BCUT2D eigenvalue weighted by molar-refractivity contribution is -0.238. The number of aldehydes is 1. The fourth-order valence-electron chi connectivity index (χ4n) is 9.73. The maximum Gasteiger partial charge on any atom is 0.320 e. The molecule has 42 heavy (non-hydrogen) atoms. The highest BCUT2D eigenvalue weighted by Crippen LogP contribution is 2.82. The van der Waals surface area contributed by atoms with Crippen molar-refractivity contribution in [2.45, 2.75) is 86.5 Å². The molecule has 4 fully saturated rings. The van der Waals surface area contributed by atoms with Crippen molar-refractivity contribution in [3.63, 3.8) is 0 Å². The van der Waals surface area contributed by atoms with Crippen molar-refractivity contribution >= 4 is 18.2 Å². The summed E-state index contributed by atoms with van der Waals surface area (Å²) in [5.74, 6) is 0.0313. The molecular weight excluding hydrogens is 534 g/mol. The van der Waals surface area contributed by atoms with Crippen LogP contribution in [-0.2, 0) is 33.3 Å². The Bertz CT molecular complexity index is 1130. The largest absolute Gasteiger partial charge is 0.427 e. The number of allylic oxidation sites excluding steroid dienone is 1. The second kappa shape index (κ2) is 11.2. The first-order valence-corrected chi connectivity index (χ1v) is 15.9. The molecule has 5 rings (SSSR count). The summed E-state index contributed by atoms with van der Waals surface area (Å²) in [4.78, 5) is 43.1. The topological polar surface area (TPSA) is 91.4 Å². The van der Waals surface area contributed by atoms with E-state index in [-0.39, 0.29) is 23.9 Å². The standard InChI is InChI=1S/C34H51NO7/c1-9-12-35-16-23(5)42-28(17-35)39-19-33-15-25-22(4)10-11-26(25)32(18-36)14-24(33)13-27(21(2)3)34(32,33)30(38)41-20-40-29(37)31(6,7)8/h9,13,18,21-26,28H,1,10-12,14-17,19-20H2,2-8H3/t22-,23-,24+,25-,26-,28-,32+,33+,34+/m1/s1. The highest BCUT2D eigenvalue weighted by atomic mass is 16.7. The Morgan fingerprint density at radius 1 is 1.17 bits per heavy atom. The Balaban J connectivity index is 1.54. The van der Waals surface area contributed by atoms with Crippen molar-refractivity contribution in [1.29, 1.82) is 0 Å². The third kappa shape index (κ3) is 4.54. The van der Waals surface area contributed by atoms with E-state index in [0.29, 0.717) is 31.4 Å². The third-order valence-electron chi connectivity index (χ3n) is 11.3. The van der Waals surface area contributed by atoms with Gasteiger partial charge in [-0.2, -0.15) is 0 Å². The monoisotopic (exact) mass is 585 g/mol. The fraction of sp³-hybridized carbons (Fsp3) is 0.794. The molecule has 0 amide bonds. The van der Waals surface area contributed by atoms with Gasteiger partial charge >= 0.3 is 11.9 Å². The fourth-order valence-corrected chi connectivity index (χ4v) is 9.73. The molecule has 0 aromatic rings. The molecule has 9 atom stereocenters. The van der Waals surface area contributed by atoms with Gasteiger partial charge in [0.1, 0.15) is 11.7 Å². The minimum atomic E-state index is -1.18. The lowest BCUT2D eigenvalue weighted by Gasteiger charge is -2.59. The van der Waals surface area contributed by atoms with Crippen LogP contribution >= 0.6 is 0 Å². The maximum absolute atomic E-state index is 14.7. The zero-order valence-corrected chi connectivity index (χ0v) is 26.6. The molecule has 0 aromatic carbocycles. The molecule has 0 aromatic heterocycles. The quantitative estimate of drug-likeness (QED) is 0.150. The van der Waals surface area contributed by atoms with Gasteiger partial charge in [0.15, 0.2) is 6.29 Å². The Labute approximate surface area is 251 Å². The van der Waals surface area contributed by atoms with E-state index in [9.17, 15) is 14.4 Å². The maximum atomic E-state index is 14.7. The average Bonchev–Trinajstić information content (AvgIpc) is 3.48. The molecule has 1 aliphatic heterocycles. The summed E-state index contributed by atoms with van der Waals surface area (Å²) >= 11 is 0. The van der Waals surface area contributed by atoms with Gasteiger partial charge in [-0.1, -0.05) is 44.9 Å². The lowest BCUT2D eigenvalue weighted by atomic mass is 9.43. The van der Waals surface area contributed by atoms with Gasteiger partial charge in [0.2, 0.25) is 6.79 Å². The Morgan fingerprint density at radius 2 is 1.90 bits per heavy atom. The van der Waals surface area contributed by atoms with Gasteiger partial charge < -0.3 is 23.7 Å². The smallest absolute Gasteiger partial charge is 0.320 e. The predicted molar refractivity (Wildman–Crippen MR) is 158 cm³/mol. The number of hydrogen-bond donors (Lipinski definition) is 0. The number of ether oxygens (including phenoxy) is 4. The van der Waals surface area contributed by atoms with E-state index in [1.807, 2.05) is 13.0 Å². The molecule has 8 nitrogen and oxygen atoms in total. The van der Waals surface area contributed by atoms with Crippen LogP contribution in [-0.4, -0.2) is 68.6 Å². The highest BCUT2D eigenvalue weighted by Gasteiger charge is 2.84. The lowest BCUT2D eigenvalue weighted by Crippen LogP contribution is -2.64. The van der Waals surface area contributed by atoms with Crippen LogP contribution in [0.15, 0.2) is 24.3 Å². The van der Waals surface area contributed by atoms with Gasteiger partial charge in [-0.15, -0.1) is 6.58 Å². The third-order valence-corrected chi connectivity index (χ3v) is 11.3. The SMILES string of the molecule is C=CCN1C[C@H](OC[C@@]23C[C@@H]4[C@H](C)CC[C@H]4[C@@]4(C=O)C[C@@H]2C=C(C(C)C)[C@@]34C(=O)OCOC(=O)C(C)(C)C)O[C@H](C)C1. The summed E-state index contributed by atoms with van der Waals surface area (Å²) in [7, 11) is 0. The molecule has 3 saturated carbocycles. The molecule has 4 bridgehead atoms. The number of esters is 2. The van der Waals surface area contributed by atoms with E-state index < -0.39 is 46.7 Å². The highest BCUT2D eigenvalue weighted by molar-refractivity contribution is 5.91. The predicted octanol–water partition coefficient (Wildman–Crippen LogP) is 5.17. The molecule has 5 aliphatic rings. The van der Waals surface area contributed by atoms with Crippen LogP contribution in [0, 0.1) is 51.2 Å². The molecule has 0 spiro atoms. The zero-order valence-electron chi connectivity index (χ0n) is 26.6. The Morgan fingerprint density at radius 3 is 2.55 bits per heavy atom. The van der Waals surface area contributed by atoms with Crippen LogP contribution in [0.5, 0.6) is 0 Å². The van der Waals surface area contributed by atoms with Crippen molar-refractivity contribution in [2.75, 3.05) is 33.0 Å². The van der Waals surface area contributed by atoms with Crippen LogP contribution in [0.25, 0.3) is 0 Å². The summed E-state index contributed by atoms with van der Waals surface area (Å²) in [6, 6.07) is 0. The molecule has 4 aliphatic carbocycles. The zero-order chi connectivity index (χ0) is 30.7. The van der Waals surface area contributed by atoms with Gasteiger partial charge in [-0.05, 0) is 76.5 Å². The average molecular weight is 586 g/mol. The molecular formula is C34H51NO7. The Hall–Kier alpha value is -2.03. The van der Waals surface area contributed by atoms with E-state index in [1.165, 1.54) is 0 Å². The van der Waals surface area contributed by atoms with Crippen molar-refractivity contribution in [1.82, 2.24) is 4.90 Å². The van der Waals surface area contributed by atoms with Gasteiger partial charge in [-0.25, -0.2) is 0 Å². The van der Waals surface area contributed by atoms with Gasteiger partial charge in [0, 0.05) is 25.0 Å². The van der Waals surface area contributed by atoms with Gasteiger partial charge in [-0.3, -0.25) is 14.5 Å². The summed E-state index contributed by atoms with van der Waals surface area (Å²) < 4.78 is 24.3. The number of carbonyl (C=O) groups is 3.